The first-order valence-electron chi connectivity index (χ1n) is 7.11. The lowest BCUT2D eigenvalue weighted by Crippen LogP contribution is -2.07. The van der Waals surface area contributed by atoms with Gasteiger partial charge in [0.1, 0.15) is 11.6 Å². The fourth-order valence-corrected chi connectivity index (χ4v) is 2.76. The van der Waals surface area contributed by atoms with Gasteiger partial charge in [0.15, 0.2) is 0 Å². The molecule has 0 aliphatic heterocycles. The molecular formula is C17H23N3. The Morgan fingerprint density at radius 3 is 2.10 bits per heavy atom. The highest BCUT2D eigenvalue weighted by molar-refractivity contribution is 5.74. The van der Waals surface area contributed by atoms with Gasteiger partial charge in [-0.25, -0.2) is 9.97 Å². The van der Waals surface area contributed by atoms with Gasteiger partial charge < -0.3 is 5.32 Å². The van der Waals surface area contributed by atoms with Crippen molar-refractivity contribution in [3.05, 3.63) is 40.2 Å². The highest BCUT2D eigenvalue weighted by Gasteiger charge is 2.14. The number of nitrogens with one attached hydrogen (secondary N) is 1. The molecule has 0 aliphatic rings. The molecule has 1 aromatic heterocycles. The van der Waals surface area contributed by atoms with E-state index in [4.69, 9.17) is 0 Å². The maximum atomic E-state index is 4.69. The van der Waals surface area contributed by atoms with Crippen LogP contribution in [0.2, 0.25) is 0 Å². The zero-order chi connectivity index (χ0) is 14.9. The molecule has 0 atom stereocenters. The third-order valence-electron chi connectivity index (χ3n) is 3.52. The van der Waals surface area contributed by atoms with Gasteiger partial charge in [-0.1, -0.05) is 17.7 Å². The molecule has 0 saturated carbocycles. The number of hydrogen-bond donors (Lipinski definition) is 1. The largest absolute Gasteiger partial charge is 0.370 e. The Balaban J connectivity index is 2.70. The Bertz CT molecular complexity index is 622. The fourth-order valence-electron chi connectivity index (χ4n) is 2.76. The Hall–Kier alpha value is -1.90. The van der Waals surface area contributed by atoms with Gasteiger partial charge in [0.2, 0.25) is 0 Å². The monoisotopic (exact) mass is 269 g/mol. The molecule has 0 aliphatic carbocycles. The maximum Gasteiger partial charge on any atom is 0.133 e. The minimum atomic E-state index is 0.806. The van der Waals surface area contributed by atoms with Crippen molar-refractivity contribution in [1.29, 1.82) is 0 Å². The molecule has 0 amide bonds. The lowest BCUT2D eigenvalue weighted by molar-refractivity contribution is 1.02. The molecule has 3 nitrogen and oxygen atoms in total. The second-order valence-corrected chi connectivity index (χ2v) is 5.40. The van der Waals surface area contributed by atoms with Crippen LogP contribution in [0.4, 0.5) is 5.82 Å². The van der Waals surface area contributed by atoms with Gasteiger partial charge in [0, 0.05) is 17.7 Å². The topological polar surface area (TPSA) is 37.8 Å². The van der Waals surface area contributed by atoms with Crippen molar-refractivity contribution in [2.45, 2.75) is 41.5 Å². The van der Waals surface area contributed by atoms with Gasteiger partial charge in [-0.2, -0.15) is 0 Å². The molecular weight excluding hydrogens is 246 g/mol. The Kier molecular flexibility index (Phi) is 4.07. The van der Waals surface area contributed by atoms with E-state index >= 15 is 0 Å². The Morgan fingerprint density at radius 1 is 0.950 bits per heavy atom. The number of rotatable bonds is 3. The van der Waals surface area contributed by atoms with E-state index in [1.165, 1.54) is 22.3 Å². The van der Waals surface area contributed by atoms with Crippen LogP contribution in [0.1, 0.15) is 35.0 Å². The number of aromatic nitrogens is 2. The molecule has 20 heavy (non-hydrogen) atoms. The molecule has 1 aromatic carbocycles. The van der Waals surface area contributed by atoms with E-state index in [1.54, 1.807) is 0 Å². The van der Waals surface area contributed by atoms with Crippen molar-refractivity contribution >= 4 is 5.82 Å². The second-order valence-electron chi connectivity index (χ2n) is 5.40. The summed E-state index contributed by atoms with van der Waals surface area (Å²) in [6, 6.07) is 4.43. The number of nitrogens with zero attached hydrogens (tertiary/aromatic N) is 2. The van der Waals surface area contributed by atoms with E-state index in [-0.39, 0.29) is 0 Å². The van der Waals surface area contributed by atoms with Gasteiger partial charge in [0.05, 0.1) is 5.69 Å². The summed E-state index contributed by atoms with van der Waals surface area (Å²) in [6.07, 6.45) is 0. The van der Waals surface area contributed by atoms with E-state index in [0.29, 0.717) is 0 Å². The second kappa shape index (κ2) is 5.61. The highest BCUT2D eigenvalue weighted by Crippen LogP contribution is 2.31. The lowest BCUT2D eigenvalue weighted by Gasteiger charge is -2.16. The van der Waals surface area contributed by atoms with Crippen molar-refractivity contribution in [1.82, 2.24) is 9.97 Å². The van der Waals surface area contributed by atoms with Crippen molar-refractivity contribution in [3.8, 4) is 11.3 Å². The smallest absolute Gasteiger partial charge is 0.133 e. The average molecular weight is 269 g/mol. The predicted molar refractivity (Wildman–Crippen MR) is 85.3 cm³/mol. The molecule has 0 fully saturated rings. The first-order chi connectivity index (χ1) is 9.43. The highest BCUT2D eigenvalue weighted by atomic mass is 15.0. The SMILES string of the molecule is CCNc1nc(C)nc(-c2c(C)cc(C)cc2C)c1C. The maximum absolute atomic E-state index is 4.69. The van der Waals surface area contributed by atoms with E-state index in [9.17, 15) is 0 Å². The molecule has 0 bridgehead atoms. The summed E-state index contributed by atoms with van der Waals surface area (Å²) in [5.41, 5.74) is 7.23. The summed E-state index contributed by atoms with van der Waals surface area (Å²) in [5.74, 6) is 1.75. The minimum Gasteiger partial charge on any atom is -0.370 e. The molecule has 1 heterocycles. The number of hydrogen-bond acceptors (Lipinski definition) is 3. The van der Waals surface area contributed by atoms with Crippen molar-refractivity contribution in [2.75, 3.05) is 11.9 Å². The van der Waals surface area contributed by atoms with Crippen LogP contribution in [0.25, 0.3) is 11.3 Å². The van der Waals surface area contributed by atoms with E-state index in [0.717, 1.165) is 29.4 Å². The van der Waals surface area contributed by atoms with Crippen molar-refractivity contribution < 1.29 is 0 Å². The van der Waals surface area contributed by atoms with Crippen LogP contribution in [-0.2, 0) is 0 Å². The first-order valence-corrected chi connectivity index (χ1v) is 7.11. The number of benzene rings is 1. The molecule has 0 saturated heterocycles. The van der Waals surface area contributed by atoms with Gasteiger partial charge in [0.25, 0.3) is 0 Å². The Morgan fingerprint density at radius 2 is 1.55 bits per heavy atom. The van der Waals surface area contributed by atoms with Gasteiger partial charge in [-0.3, -0.25) is 0 Å². The summed E-state index contributed by atoms with van der Waals surface area (Å²) in [7, 11) is 0. The molecule has 0 unspecified atom stereocenters. The first kappa shape index (κ1) is 14.5. The summed E-state index contributed by atoms with van der Waals surface area (Å²) in [5, 5.41) is 3.33. The van der Waals surface area contributed by atoms with Crippen LogP contribution in [0.15, 0.2) is 12.1 Å². The van der Waals surface area contributed by atoms with Crippen LogP contribution < -0.4 is 5.32 Å². The zero-order valence-corrected chi connectivity index (χ0v) is 13.3. The summed E-state index contributed by atoms with van der Waals surface area (Å²) in [6.45, 7) is 13.4. The molecule has 0 radical (unpaired) electrons. The van der Waals surface area contributed by atoms with Gasteiger partial charge >= 0.3 is 0 Å². The van der Waals surface area contributed by atoms with E-state index < -0.39 is 0 Å². The van der Waals surface area contributed by atoms with Crippen molar-refractivity contribution in [2.24, 2.45) is 0 Å². The fraction of sp³-hybridized carbons (Fsp3) is 0.412. The van der Waals surface area contributed by atoms with Gasteiger partial charge in [-0.15, -0.1) is 0 Å². The molecule has 106 valence electrons. The minimum absolute atomic E-state index is 0.806. The standard InChI is InChI=1S/C17H23N3/c1-7-18-17-13(5)16(19-14(6)20-17)15-11(3)8-10(2)9-12(15)4/h8-9H,7H2,1-6H3,(H,18,19,20). The third kappa shape index (κ3) is 2.67. The quantitative estimate of drug-likeness (QED) is 0.911. The number of anilines is 1. The van der Waals surface area contributed by atoms with Gasteiger partial charge in [-0.05, 0) is 52.7 Å². The molecule has 2 aromatic rings. The lowest BCUT2D eigenvalue weighted by atomic mass is 9.95. The average Bonchev–Trinajstić information content (AvgIpc) is 2.33. The molecule has 0 spiro atoms. The predicted octanol–water partition coefficient (Wildman–Crippen LogP) is 4.12. The van der Waals surface area contributed by atoms with Crippen LogP contribution in [0, 0.1) is 34.6 Å². The third-order valence-corrected chi connectivity index (χ3v) is 3.52. The molecule has 1 N–H and O–H groups in total. The Labute approximate surface area is 121 Å². The molecule has 2 rings (SSSR count). The van der Waals surface area contributed by atoms with Crippen molar-refractivity contribution in [3.63, 3.8) is 0 Å². The summed E-state index contributed by atoms with van der Waals surface area (Å²) < 4.78 is 0. The summed E-state index contributed by atoms with van der Waals surface area (Å²) in [4.78, 5) is 9.19. The van der Waals surface area contributed by atoms with Crippen LogP contribution in [-0.4, -0.2) is 16.5 Å². The summed E-state index contributed by atoms with van der Waals surface area (Å²) >= 11 is 0. The van der Waals surface area contributed by atoms with E-state index in [1.807, 2.05) is 6.92 Å². The molecule has 3 heteroatoms. The van der Waals surface area contributed by atoms with E-state index in [2.05, 4.69) is 62.0 Å². The van der Waals surface area contributed by atoms with Crippen LogP contribution in [0.3, 0.4) is 0 Å². The normalized spacial score (nSPS) is 10.7. The van der Waals surface area contributed by atoms with Crippen LogP contribution in [0.5, 0.6) is 0 Å². The van der Waals surface area contributed by atoms with Crippen LogP contribution >= 0.6 is 0 Å². The number of aryl methyl sites for hydroxylation is 4. The zero-order valence-electron chi connectivity index (χ0n) is 13.3.